The molecule has 0 saturated carbocycles. The molecule has 0 spiro atoms. The van der Waals surface area contributed by atoms with Crippen molar-refractivity contribution in [3.63, 3.8) is 0 Å². The molecule has 1 fully saturated rings. The van der Waals surface area contributed by atoms with Crippen LogP contribution >= 0.6 is 0 Å². The van der Waals surface area contributed by atoms with Crippen molar-refractivity contribution in [2.45, 2.75) is 32.2 Å². The Bertz CT molecular complexity index is 485. The van der Waals surface area contributed by atoms with Gasteiger partial charge in [0.25, 0.3) is 5.91 Å². The topological polar surface area (TPSA) is 42.8 Å². The van der Waals surface area contributed by atoms with Crippen LogP contribution in [-0.2, 0) is 0 Å². The summed E-state index contributed by atoms with van der Waals surface area (Å²) in [5.41, 5.74) is 0.344. The van der Waals surface area contributed by atoms with E-state index in [4.69, 9.17) is 4.74 Å². The fourth-order valence-electron chi connectivity index (χ4n) is 2.85. The lowest BCUT2D eigenvalue weighted by Crippen LogP contribution is -3.13. The highest BCUT2D eigenvalue weighted by atomic mass is 19.1. The zero-order chi connectivity index (χ0) is 15.2. The van der Waals surface area contributed by atoms with Gasteiger partial charge in [-0.25, -0.2) is 4.39 Å². The van der Waals surface area contributed by atoms with Gasteiger partial charge in [0, 0.05) is 24.4 Å². The number of amides is 1. The van der Waals surface area contributed by atoms with Gasteiger partial charge in [-0.1, -0.05) is 6.92 Å². The molecule has 0 aliphatic carbocycles. The van der Waals surface area contributed by atoms with E-state index in [2.05, 4.69) is 12.2 Å². The number of benzene rings is 1. The Morgan fingerprint density at radius 3 is 2.71 bits per heavy atom. The molecule has 5 heteroatoms. The molecule has 0 bridgehead atoms. The van der Waals surface area contributed by atoms with Gasteiger partial charge >= 0.3 is 0 Å². The smallest absolute Gasteiger partial charge is 0.251 e. The van der Waals surface area contributed by atoms with Crippen LogP contribution in [0.3, 0.4) is 0 Å². The molecular weight excluding hydrogens is 271 g/mol. The minimum absolute atomic E-state index is 0.156. The van der Waals surface area contributed by atoms with E-state index >= 15 is 0 Å². The van der Waals surface area contributed by atoms with Gasteiger partial charge in [-0.05, 0) is 24.6 Å². The van der Waals surface area contributed by atoms with Gasteiger partial charge in [0.1, 0.15) is 0 Å². The molecule has 0 atom stereocenters. The zero-order valence-corrected chi connectivity index (χ0v) is 12.7. The van der Waals surface area contributed by atoms with Crippen molar-refractivity contribution in [3.05, 3.63) is 29.6 Å². The number of carbonyl (C=O) groups is 1. The number of methoxy groups -OCH3 is 1. The Hall–Kier alpha value is -1.62. The normalized spacial score (nSPS) is 21.9. The first kappa shape index (κ1) is 15.8. The van der Waals surface area contributed by atoms with E-state index in [1.54, 1.807) is 11.0 Å². The van der Waals surface area contributed by atoms with Gasteiger partial charge in [0.15, 0.2) is 11.6 Å². The van der Waals surface area contributed by atoms with Gasteiger partial charge in [-0.3, -0.25) is 4.79 Å². The standard InChI is InChI=1S/C16H23FN2O2/c1-3-8-19-9-6-13(7-10-19)18-16(20)12-4-5-15(21-2)14(17)11-12/h4-5,11,13H,3,6-10H2,1-2H3,(H,18,20)/p+1. The van der Waals surface area contributed by atoms with Crippen LogP contribution in [0.5, 0.6) is 5.75 Å². The molecule has 1 saturated heterocycles. The van der Waals surface area contributed by atoms with Crippen molar-refractivity contribution in [2.75, 3.05) is 26.7 Å². The molecule has 21 heavy (non-hydrogen) atoms. The van der Waals surface area contributed by atoms with Crippen LogP contribution in [0.2, 0.25) is 0 Å². The van der Waals surface area contributed by atoms with Gasteiger partial charge in [-0.2, -0.15) is 0 Å². The summed E-state index contributed by atoms with van der Waals surface area (Å²) in [5.74, 6) is -0.559. The number of carbonyl (C=O) groups excluding carboxylic acids is 1. The molecule has 1 heterocycles. The highest BCUT2D eigenvalue weighted by Gasteiger charge is 2.23. The molecule has 2 N–H and O–H groups in total. The monoisotopic (exact) mass is 295 g/mol. The summed E-state index contributed by atoms with van der Waals surface area (Å²) in [5, 5.41) is 3.00. The predicted molar refractivity (Wildman–Crippen MR) is 79.3 cm³/mol. The minimum Gasteiger partial charge on any atom is -0.494 e. The lowest BCUT2D eigenvalue weighted by molar-refractivity contribution is -0.905. The zero-order valence-electron chi connectivity index (χ0n) is 12.7. The van der Waals surface area contributed by atoms with Crippen molar-refractivity contribution in [2.24, 2.45) is 0 Å². The van der Waals surface area contributed by atoms with Crippen molar-refractivity contribution < 1.29 is 18.8 Å². The maximum Gasteiger partial charge on any atom is 0.251 e. The fourth-order valence-corrected chi connectivity index (χ4v) is 2.85. The molecule has 1 aliphatic heterocycles. The third-order valence-corrected chi connectivity index (χ3v) is 4.05. The van der Waals surface area contributed by atoms with E-state index in [1.807, 2.05) is 0 Å². The second-order valence-corrected chi connectivity index (χ2v) is 5.60. The molecule has 0 radical (unpaired) electrons. The van der Waals surface area contributed by atoms with Crippen LogP contribution in [0.25, 0.3) is 0 Å². The molecule has 0 aromatic heterocycles. The molecule has 1 aromatic rings. The molecule has 1 aliphatic rings. The third kappa shape index (κ3) is 4.17. The number of likely N-dealkylation sites (tertiary alicyclic amines) is 1. The summed E-state index contributed by atoms with van der Waals surface area (Å²) in [4.78, 5) is 13.8. The van der Waals surface area contributed by atoms with Crippen LogP contribution in [0.4, 0.5) is 4.39 Å². The van der Waals surface area contributed by atoms with E-state index in [1.165, 1.54) is 32.2 Å². The quantitative estimate of drug-likeness (QED) is 0.852. The van der Waals surface area contributed by atoms with Crippen LogP contribution in [0, 0.1) is 5.82 Å². The summed E-state index contributed by atoms with van der Waals surface area (Å²) in [7, 11) is 1.41. The number of piperidine rings is 1. The Kier molecular flexibility index (Phi) is 5.56. The van der Waals surface area contributed by atoms with E-state index in [-0.39, 0.29) is 17.7 Å². The second kappa shape index (κ2) is 7.41. The summed E-state index contributed by atoms with van der Waals surface area (Å²) in [6.07, 6.45) is 3.16. The van der Waals surface area contributed by atoms with Gasteiger partial charge < -0.3 is 15.0 Å². The van der Waals surface area contributed by atoms with E-state index in [9.17, 15) is 9.18 Å². The Morgan fingerprint density at radius 1 is 1.43 bits per heavy atom. The van der Waals surface area contributed by atoms with Crippen LogP contribution in [0.1, 0.15) is 36.5 Å². The first-order valence-corrected chi connectivity index (χ1v) is 7.62. The van der Waals surface area contributed by atoms with Gasteiger partial charge in [0.05, 0.1) is 26.7 Å². The number of nitrogens with one attached hydrogen (secondary N) is 2. The van der Waals surface area contributed by atoms with E-state index in [0.717, 1.165) is 25.9 Å². The van der Waals surface area contributed by atoms with Crippen molar-refractivity contribution >= 4 is 5.91 Å². The Morgan fingerprint density at radius 2 is 2.14 bits per heavy atom. The SMILES string of the molecule is CCC[NH+]1CCC(NC(=O)c2ccc(OC)c(F)c2)CC1. The minimum atomic E-state index is -0.507. The summed E-state index contributed by atoms with van der Waals surface area (Å²) in [6, 6.07) is 4.50. The van der Waals surface area contributed by atoms with E-state index < -0.39 is 5.82 Å². The average molecular weight is 295 g/mol. The number of rotatable bonds is 5. The molecule has 0 unspecified atom stereocenters. The number of ether oxygens (including phenoxy) is 1. The molecule has 116 valence electrons. The summed E-state index contributed by atoms with van der Waals surface area (Å²) >= 11 is 0. The highest BCUT2D eigenvalue weighted by molar-refractivity contribution is 5.94. The first-order valence-electron chi connectivity index (χ1n) is 7.62. The van der Waals surface area contributed by atoms with Crippen LogP contribution in [-0.4, -0.2) is 38.7 Å². The number of halogens is 1. The van der Waals surface area contributed by atoms with Gasteiger partial charge in [-0.15, -0.1) is 0 Å². The Balaban J connectivity index is 1.89. The first-order chi connectivity index (χ1) is 10.1. The summed E-state index contributed by atoms with van der Waals surface area (Å²) in [6.45, 7) is 5.58. The van der Waals surface area contributed by atoms with Gasteiger partial charge in [0.2, 0.25) is 0 Å². The molecular formula is C16H24FN2O2+. The number of hydrogen-bond acceptors (Lipinski definition) is 2. The highest BCUT2D eigenvalue weighted by Crippen LogP contribution is 2.17. The van der Waals surface area contributed by atoms with Crippen molar-refractivity contribution in [3.8, 4) is 5.75 Å². The van der Waals surface area contributed by atoms with E-state index in [0.29, 0.717) is 5.56 Å². The average Bonchev–Trinajstić information content (AvgIpc) is 2.49. The third-order valence-electron chi connectivity index (χ3n) is 4.05. The van der Waals surface area contributed by atoms with Crippen molar-refractivity contribution in [1.29, 1.82) is 0 Å². The maximum absolute atomic E-state index is 13.6. The predicted octanol–water partition coefficient (Wildman–Crippen LogP) is 1.02. The molecule has 2 rings (SSSR count). The number of hydrogen-bond donors (Lipinski definition) is 2. The Labute approximate surface area is 125 Å². The maximum atomic E-state index is 13.6. The summed E-state index contributed by atoms with van der Waals surface area (Å²) < 4.78 is 18.5. The number of quaternary nitrogens is 1. The second-order valence-electron chi connectivity index (χ2n) is 5.60. The molecule has 1 amide bonds. The largest absolute Gasteiger partial charge is 0.494 e. The van der Waals surface area contributed by atoms with Crippen molar-refractivity contribution in [1.82, 2.24) is 5.32 Å². The lowest BCUT2D eigenvalue weighted by atomic mass is 10.0. The van der Waals surface area contributed by atoms with Crippen LogP contribution in [0.15, 0.2) is 18.2 Å². The molecule has 1 aromatic carbocycles. The van der Waals surface area contributed by atoms with Crippen LogP contribution < -0.4 is 15.0 Å². The lowest BCUT2D eigenvalue weighted by Gasteiger charge is -2.29. The molecule has 4 nitrogen and oxygen atoms in total. The fraction of sp³-hybridized carbons (Fsp3) is 0.562.